The average molecular weight is 247 g/mol. The van der Waals surface area contributed by atoms with Crippen LogP contribution in [0.25, 0.3) is 11.3 Å². The number of H-pyrrole nitrogens is 1. The van der Waals surface area contributed by atoms with Gasteiger partial charge in [0.25, 0.3) is 0 Å². The highest BCUT2D eigenvalue weighted by Crippen LogP contribution is 2.33. The van der Waals surface area contributed by atoms with Crippen LogP contribution >= 0.6 is 0 Å². The summed E-state index contributed by atoms with van der Waals surface area (Å²) in [5.41, 5.74) is 1.03. The van der Waals surface area contributed by atoms with E-state index in [0.717, 1.165) is 5.82 Å². The SMILES string of the molecule is COc1cccc(F)c1-c1cc(NC2CC2)n[nH]1. The molecule has 1 saturated carbocycles. The predicted molar refractivity (Wildman–Crippen MR) is 67.2 cm³/mol. The van der Waals surface area contributed by atoms with Gasteiger partial charge in [-0.25, -0.2) is 4.39 Å². The van der Waals surface area contributed by atoms with Crippen molar-refractivity contribution in [1.82, 2.24) is 10.2 Å². The van der Waals surface area contributed by atoms with Gasteiger partial charge in [0.2, 0.25) is 0 Å². The lowest BCUT2D eigenvalue weighted by atomic mass is 10.1. The molecule has 0 unspecified atom stereocenters. The van der Waals surface area contributed by atoms with E-state index in [-0.39, 0.29) is 5.82 Å². The fourth-order valence-corrected chi connectivity index (χ4v) is 1.90. The first-order valence-electron chi connectivity index (χ1n) is 5.93. The summed E-state index contributed by atoms with van der Waals surface area (Å²) in [4.78, 5) is 0. The van der Waals surface area contributed by atoms with Gasteiger partial charge in [-0.1, -0.05) is 6.07 Å². The van der Waals surface area contributed by atoms with Crippen LogP contribution in [0, 0.1) is 5.82 Å². The smallest absolute Gasteiger partial charge is 0.148 e. The van der Waals surface area contributed by atoms with Gasteiger partial charge in [0, 0.05) is 12.1 Å². The van der Waals surface area contributed by atoms with E-state index in [1.165, 1.54) is 26.0 Å². The van der Waals surface area contributed by atoms with Crippen molar-refractivity contribution >= 4 is 5.82 Å². The third-order valence-electron chi connectivity index (χ3n) is 2.97. The van der Waals surface area contributed by atoms with E-state index in [9.17, 15) is 4.39 Å². The average Bonchev–Trinajstić information content (AvgIpc) is 3.06. The van der Waals surface area contributed by atoms with Gasteiger partial charge in [-0.3, -0.25) is 5.10 Å². The zero-order valence-corrected chi connectivity index (χ0v) is 10.0. The lowest BCUT2D eigenvalue weighted by molar-refractivity contribution is 0.413. The number of aromatic nitrogens is 2. The number of hydrogen-bond acceptors (Lipinski definition) is 3. The molecule has 0 bridgehead atoms. The van der Waals surface area contributed by atoms with E-state index in [2.05, 4.69) is 15.5 Å². The Morgan fingerprint density at radius 1 is 1.44 bits per heavy atom. The number of aromatic amines is 1. The summed E-state index contributed by atoms with van der Waals surface area (Å²) in [7, 11) is 1.53. The van der Waals surface area contributed by atoms with Gasteiger partial charge in [0.15, 0.2) is 0 Å². The zero-order valence-electron chi connectivity index (χ0n) is 10.0. The molecular weight excluding hydrogens is 233 g/mol. The van der Waals surface area contributed by atoms with Crippen LogP contribution in [0.15, 0.2) is 24.3 Å². The van der Waals surface area contributed by atoms with Gasteiger partial charge in [0.1, 0.15) is 17.4 Å². The summed E-state index contributed by atoms with van der Waals surface area (Å²) in [6, 6.07) is 7.08. The molecule has 5 heteroatoms. The minimum atomic E-state index is -0.323. The molecule has 0 atom stereocenters. The molecule has 4 nitrogen and oxygen atoms in total. The maximum absolute atomic E-state index is 13.9. The second-order valence-corrected chi connectivity index (χ2v) is 4.40. The van der Waals surface area contributed by atoms with Crippen LogP contribution in [0.4, 0.5) is 10.2 Å². The second kappa shape index (κ2) is 4.33. The standard InChI is InChI=1S/C13H14FN3O/c1-18-11-4-2-3-9(14)13(11)10-7-12(17-16-10)15-8-5-6-8/h2-4,7-8H,5-6H2,1H3,(H2,15,16,17). The van der Waals surface area contributed by atoms with Crippen molar-refractivity contribution < 1.29 is 9.13 Å². The number of benzene rings is 1. The first kappa shape index (κ1) is 11.1. The molecule has 1 aromatic heterocycles. The monoisotopic (exact) mass is 247 g/mol. The molecule has 1 fully saturated rings. The minimum absolute atomic E-state index is 0.323. The molecule has 0 spiro atoms. The molecule has 0 radical (unpaired) electrons. The molecule has 2 N–H and O–H groups in total. The van der Waals surface area contributed by atoms with Crippen molar-refractivity contribution in [2.45, 2.75) is 18.9 Å². The highest BCUT2D eigenvalue weighted by molar-refractivity contribution is 5.70. The van der Waals surface area contributed by atoms with Gasteiger partial charge < -0.3 is 10.1 Å². The molecule has 1 aliphatic rings. The van der Waals surface area contributed by atoms with Gasteiger partial charge in [-0.15, -0.1) is 0 Å². The summed E-state index contributed by atoms with van der Waals surface area (Å²) < 4.78 is 19.0. The molecule has 18 heavy (non-hydrogen) atoms. The number of methoxy groups -OCH3 is 1. The van der Waals surface area contributed by atoms with Gasteiger partial charge in [-0.05, 0) is 25.0 Å². The van der Waals surface area contributed by atoms with E-state index >= 15 is 0 Å². The number of ether oxygens (including phenoxy) is 1. The Morgan fingerprint density at radius 2 is 2.28 bits per heavy atom. The molecule has 0 aliphatic heterocycles. The Morgan fingerprint density at radius 3 is 3.00 bits per heavy atom. The van der Waals surface area contributed by atoms with Gasteiger partial charge >= 0.3 is 0 Å². The number of anilines is 1. The van der Waals surface area contributed by atoms with Crippen LogP contribution in [0.1, 0.15) is 12.8 Å². The van der Waals surface area contributed by atoms with E-state index in [1.807, 2.05) is 0 Å². The summed E-state index contributed by atoms with van der Waals surface area (Å²) >= 11 is 0. The highest BCUT2D eigenvalue weighted by atomic mass is 19.1. The van der Waals surface area contributed by atoms with Crippen molar-refractivity contribution in [1.29, 1.82) is 0 Å². The summed E-state index contributed by atoms with van der Waals surface area (Å²) in [5.74, 6) is 0.922. The van der Waals surface area contributed by atoms with Crippen LogP contribution in [-0.2, 0) is 0 Å². The highest BCUT2D eigenvalue weighted by Gasteiger charge is 2.22. The van der Waals surface area contributed by atoms with E-state index in [1.54, 1.807) is 18.2 Å². The molecule has 3 rings (SSSR count). The summed E-state index contributed by atoms with van der Waals surface area (Å²) in [5, 5.41) is 10.2. The van der Waals surface area contributed by atoms with Gasteiger partial charge in [-0.2, -0.15) is 5.10 Å². The normalized spacial score (nSPS) is 14.6. The first-order chi connectivity index (χ1) is 8.78. The molecular formula is C13H14FN3O. The van der Waals surface area contributed by atoms with Crippen molar-refractivity contribution in [3.63, 3.8) is 0 Å². The molecule has 1 heterocycles. The minimum Gasteiger partial charge on any atom is -0.496 e. The Labute approximate surface area is 104 Å². The molecule has 94 valence electrons. The van der Waals surface area contributed by atoms with Crippen LogP contribution in [0.2, 0.25) is 0 Å². The van der Waals surface area contributed by atoms with Gasteiger partial charge in [0.05, 0.1) is 18.4 Å². The fraction of sp³-hybridized carbons (Fsp3) is 0.308. The zero-order chi connectivity index (χ0) is 12.5. The number of halogens is 1. The van der Waals surface area contributed by atoms with Crippen molar-refractivity contribution in [3.05, 3.63) is 30.1 Å². The maximum atomic E-state index is 13.9. The topological polar surface area (TPSA) is 49.9 Å². The Balaban J connectivity index is 1.95. The number of hydrogen-bond donors (Lipinski definition) is 2. The van der Waals surface area contributed by atoms with E-state index in [0.29, 0.717) is 23.0 Å². The quantitative estimate of drug-likeness (QED) is 0.873. The Bertz CT molecular complexity index is 563. The second-order valence-electron chi connectivity index (χ2n) is 4.40. The summed E-state index contributed by atoms with van der Waals surface area (Å²) in [6.07, 6.45) is 2.34. The number of nitrogens with one attached hydrogen (secondary N) is 2. The molecule has 2 aromatic rings. The lowest BCUT2D eigenvalue weighted by Gasteiger charge is -2.06. The molecule has 1 aromatic carbocycles. The largest absolute Gasteiger partial charge is 0.496 e. The fourth-order valence-electron chi connectivity index (χ4n) is 1.90. The first-order valence-corrected chi connectivity index (χ1v) is 5.93. The Kier molecular flexibility index (Phi) is 2.66. The van der Waals surface area contributed by atoms with Crippen LogP contribution in [-0.4, -0.2) is 23.3 Å². The summed E-state index contributed by atoms with van der Waals surface area (Å²) in [6.45, 7) is 0. The van der Waals surface area contributed by atoms with E-state index in [4.69, 9.17) is 4.74 Å². The number of rotatable bonds is 4. The number of nitrogens with zero attached hydrogens (tertiary/aromatic N) is 1. The van der Waals surface area contributed by atoms with E-state index < -0.39 is 0 Å². The predicted octanol–water partition coefficient (Wildman–Crippen LogP) is 2.80. The van der Waals surface area contributed by atoms with Crippen molar-refractivity contribution in [3.8, 4) is 17.0 Å². The van der Waals surface area contributed by atoms with Crippen LogP contribution < -0.4 is 10.1 Å². The molecule has 1 aliphatic carbocycles. The van der Waals surface area contributed by atoms with Crippen LogP contribution in [0.3, 0.4) is 0 Å². The molecule has 0 saturated heterocycles. The third-order valence-corrected chi connectivity index (χ3v) is 2.97. The third kappa shape index (κ3) is 2.03. The lowest BCUT2D eigenvalue weighted by Crippen LogP contribution is -2.00. The Hall–Kier alpha value is -2.04. The molecule has 0 amide bonds. The maximum Gasteiger partial charge on any atom is 0.148 e. The van der Waals surface area contributed by atoms with Crippen molar-refractivity contribution in [2.75, 3.05) is 12.4 Å². The van der Waals surface area contributed by atoms with Crippen LogP contribution in [0.5, 0.6) is 5.75 Å². The van der Waals surface area contributed by atoms with Crippen molar-refractivity contribution in [2.24, 2.45) is 0 Å².